The number of carbonyl (C=O) groups excluding carboxylic acids is 1. The third-order valence-electron chi connectivity index (χ3n) is 4.14. The van der Waals surface area contributed by atoms with E-state index in [1.165, 1.54) is 6.07 Å². The van der Waals surface area contributed by atoms with E-state index in [9.17, 15) is 13.2 Å². The molecule has 0 unspecified atom stereocenters. The maximum atomic E-state index is 12.6. The molecule has 28 heavy (non-hydrogen) atoms. The number of aryl methyl sites for hydroxylation is 2. The van der Waals surface area contributed by atoms with Crippen molar-refractivity contribution in [3.63, 3.8) is 0 Å². The highest BCUT2D eigenvalue weighted by molar-refractivity contribution is 14.1. The lowest BCUT2D eigenvalue weighted by molar-refractivity contribution is 0.102. The molecule has 0 fully saturated rings. The van der Waals surface area contributed by atoms with Crippen molar-refractivity contribution in [2.45, 2.75) is 18.7 Å². The van der Waals surface area contributed by atoms with E-state index in [0.29, 0.717) is 11.3 Å². The molecular weight excluding hydrogens is 487 g/mol. The van der Waals surface area contributed by atoms with E-state index in [1.807, 2.05) is 32.0 Å². The van der Waals surface area contributed by atoms with Gasteiger partial charge in [-0.25, -0.2) is 8.42 Å². The van der Waals surface area contributed by atoms with Crippen molar-refractivity contribution in [1.29, 1.82) is 0 Å². The summed E-state index contributed by atoms with van der Waals surface area (Å²) in [6.07, 6.45) is 0. The van der Waals surface area contributed by atoms with Crippen LogP contribution in [0.25, 0.3) is 0 Å². The largest absolute Gasteiger partial charge is 0.322 e. The monoisotopic (exact) mass is 506 g/mol. The first-order valence-electron chi connectivity index (χ1n) is 8.52. The average molecular weight is 506 g/mol. The van der Waals surface area contributed by atoms with Crippen LogP contribution in [0.4, 0.5) is 11.4 Å². The van der Waals surface area contributed by atoms with Gasteiger partial charge in [-0.2, -0.15) is 0 Å². The number of sulfonamides is 1. The maximum Gasteiger partial charge on any atom is 0.261 e. The van der Waals surface area contributed by atoms with Gasteiger partial charge >= 0.3 is 0 Å². The van der Waals surface area contributed by atoms with Gasteiger partial charge in [-0.05, 0) is 90.5 Å². The van der Waals surface area contributed by atoms with Gasteiger partial charge in [0.15, 0.2) is 0 Å². The maximum absolute atomic E-state index is 12.6. The van der Waals surface area contributed by atoms with Crippen LogP contribution in [0.15, 0.2) is 71.6 Å². The standard InChI is InChI=1S/C21H19IN2O3S/c1-14-6-9-19(10-7-14)28(26,27)24-18-5-3-4-16(13-18)21(25)23-20-11-8-17(22)12-15(20)2/h3-13,24H,1-2H3,(H,23,25). The van der Waals surface area contributed by atoms with Gasteiger partial charge in [-0.1, -0.05) is 23.8 Å². The van der Waals surface area contributed by atoms with Crippen molar-refractivity contribution >= 4 is 49.9 Å². The van der Waals surface area contributed by atoms with E-state index >= 15 is 0 Å². The Morgan fingerprint density at radius 1 is 0.929 bits per heavy atom. The van der Waals surface area contributed by atoms with Gasteiger partial charge in [0, 0.05) is 20.5 Å². The Morgan fingerprint density at radius 3 is 2.32 bits per heavy atom. The van der Waals surface area contributed by atoms with E-state index in [4.69, 9.17) is 0 Å². The fourth-order valence-electron chi connectivity index (χ4n) is 2.62. The lowest BCUT2D eigenvalue weighted by Crippen LogP contribution is -2.15. The predicted molar refractivity (Wildman–Crippen MR) is 120 cm³/mol. The predicted octanol–water partition coefficient (Wildman–Crippen LogP) is 4.96. The first-order valence-corrected chi connectivity index (χ1v) is 11.1. The molecule has 0 aliphatic carbocycles. The van der Waals surface area contributed by atoms with Crippen LogP contribution in [-0.4, -0.2) is 14.3 Å². The molecule has 144 valence electrons. The number of benzene rings is 3. The summed E-state index contributed by atoms with van der Waals surface area (Å²) in [6, 6.07) is 18.7. The molecule has 3 rings (SSSR count). The number of halogens is 1. The van der Waals surface area contributed by atoms with E-state index in [1.54, 1.807) is 42.5 Å². The zero-order chi connectivity index (χ0) is 20.3. The molecule has 0 spiro atoms. The van der Waals surface area contributed by atoms with Crippen LogP contribution in [0.2, 0.25) is 0 Å². The quantitative estimate of drug-likeness (QED) is 0.481. The number of carbonyl (C=O) groups is 1. The molecule has 7 heteroatoms. The Kier molecular flexibility index (Phi) is 6.04. The van der Waals surface area contributed by atoms with E-state index < -0.39 is 10.0 Å². The molecule has 0 saturated carbocycles. The summed E-state index contributed by atoms with van der Waals surface area (Å²) in [6.45, 7) is 3.81. The molecule has 3 aromatic carbocycles. The molecular formula is C21H19IN2O3S. The average Bonchev–Trinajstić information content (AvgIpc) is 2.64. The Balaban J connectivity index is 1.79. The highest BCUT2D eigenvalue weighted by atomic mass is 127. The third-order valence-corrected chi connectivity index (χ3v) is 6.21. The molecule has 0 atom stereocenters. The minimum atomic E-state index is -3.73. The summed E-state index contributed by atoms with van der Waals surface area (Å²) in [4.78, 5) is 12.8. The van der Waals surface area contributed by atoms with Crippen LogP contribution in [0.5, 0.6) is 0 Å². The highest BCUT2D eigenvalue weighted by Crippen LogP contribution is 2.21. The zero-order valence-electron chi connectivity index (χ0n) is 15.4. The normalized spacial score (nSPS) is 11.1. The SMILES string of the molecule is Cc1ccc(S(=O)(=O)Nc2cccc(C(=O)Nc3ccc(I)cc3C)c2)cc1. The smallest absolute Gasteiger partial charge is 0.261 e. The summed E-state index contributed by atoms with van der Waals surface area (Å²) in [5, 5.41) is 2.86. The third kappa shape index (κ3) is 4.90. The van der Waals surface area contributed by atoms with Crippen LogP contribution in [0, 0.1) is 17.4 Å². The zero-order valence-corrected chi connectivity index (χ0v) is 18.3. The number of nitrogens with one attached hydrogen (secondary N) is 2. The van der Waals surface area contributed by atoms with Gasteiger partial charge in [-0.15, -0.1) is 0 Å². The van der Waals surface area contributed by atoms with Crippen LogP contribution in [-0.2, 0) is 10.0 Å². The van der Waals surface area contributed by atoms with Crippen molar-refractivity contribution in [3.05, 3.63) is 87.0 Å². The molecule has 0 aliphatic rings. The van der Waals surface area contributed by atoms with Gasteiger partial charge in [0.1, 0.15) is 0 Å². The first kappa shape index (κ1) is 20.3. The molecule has 0 aliphatic heterocycles. The van der Waals surface area contributed by atoms with Crippen LogP contribution in [0.1, 0.15) is 21.5 Å². The molecule has 5 nitrogen and oxygen atoms in total. The summed E-state index contributed by atoms with van der Waals surface area (Å²) in [5.74, 6) is -0.305. The van der Waals surface area contributed by atoms with Gasteiger partial charge in [0.25, 0.3) is 15.9 Å². The second-order valence-corrected chi connectivity index (χ2v) is 9.34. The Hall–Kier alpha value is -2.39. The number of rotatable bonds is 5. The Bertz CT molecular complexity index is 1130. The molecule has 0 bridgehead atoms. The minimum absolute atomic E-state index is 0.169. The van der Waals surface area contributed by atoms with Gasteiger partial charge < -0.3 is 5.32 Å². The molecule has 0 saturated heterocycles. The van der Waals surface area contributed by atoms with E-state index in [2.05, 4.69) is 32.6 Å². The van der Waals surface area contributed by atoms with Crippen LogP contribution in [0.3, 0.4) is 0 Å². The molecule has 1 amide bonds. The second-order valence-electron chi connectivity index (χ2n) is 6.41. The molecule has 0 radical (unpaired) electrons. The number of hydrogen-bond donors (Lipinski definition) is 2. The number of hydrogen-bond acceptors (Lipinski definition) is 3. The van der Waals surface area contributed by atoms with E-state index in [-0.39, 0.29) is 10.8 Å². The van der Waals surface area contributed by atoms with Gasteiger partial charge in [0.2, 0.25) is 0 Å². The molecule has 0 heterocycles. The lowest BCUT2D eigenvalue weighted by Gasteiger charge is -2.11. The Morgan fingerprint density at radius 2 is 1.64 bits per heavy atom. The fraction of sp³-hybridized carbons (Fsp3) is 0.0952. The number of amides is 1. The summed E-state index contributed by atoms with van der Waals surface area (Å²) >= 11 is 2.21. The van der Waals surface area contributed by atoms with Crippen molar-refractivity contribution in [3.8, 4) is 0 Å². The van der Waals surface area contributed by atoms with Crippen molar-refractivity contribution in [2.75, 3.05) is 10.0 Å². The molecule has 0 aromatic heterocycles. The van der Waals surface area contributed by atoms with Gasteiger partial charge in [-0.3, -0.25) is 9.52 Å². The van der Waals surface area contributed by atoms with Crippen molar-refractivity contribution < 1.29 is 13.2 Å². The van der Waals surface area contributed by atoms with Gasteiger partial charge in [0.05, 0.1) is 4.90 Å². The van der Waals surface area contributed by atoms with Crippen LogP contribution < -0.4 is 10.0 Å². The minimum Gasteiger partial charge on any atom is -0.322 e. The molecule has 2 N–H and O–H groups in total. The van der Waals surface area contributed by atoms with Crippen molar-refractivity contribution in [1.82, 2.24) is 0 Å². The van der Waals surface area contributed by atoms with Crippen LogP contribution >= 0.6 is 22.6 Å². The molecule has 3 aromatic rings. The fourth-order valence-corrected chi connectivity index (χ4v) is 4.31. The lowest BCUT2D eigenvalue weighted by atomic mass is 10.1. The first-order chi connectivity index (χ1) is 13.2. The summed E-state index contributed by atoms with van der Waals surface area (Å²) in [7, 11) is -3.73. The van der Waals surface area contributed by atoms with E-state index in [0.717, 1.165) is 20.4 Å². The Labute approximate surface area is 178 Å². The van der Waals surface area contributed by atoms with Crippen molar-refractivity contribution in [2.24, 2.45) is 0 Å². The summed E-state index contributed by atoms with van der Waals surface area (Å²) in [5.41, 5.74) is 3.34. The topological polar surface area (TPSA) is 75.3 Å². The highest BCUT2D eigenvalue weighted by Gasteiger charge is 2.15. The number of anilines is 2. The second kappa shape index (κ2) is 8.32. The summed E-state index contributed by atoms with van der Waals surface area (Å²) < 4.78 is 28.7.